The Morgan fingerprint density at radius 1 is 1.08 bits per heavy atom. The normalized spacial score (nSPS) is 16.9. The van der Waals surface area contributed by atoms with Gasteiger partial charge < -0.3 is 9.80 Å². The molecule has 1 aliphatic rings. The molecule has 0 bridgehead atoms. The maximum absolute atomic E-state index is 12.5. The summed E-state index contributed by atoms with van der Waals surface area (Å²) in [5, 5.41) is 0. The molecule has 5 nitrogen and oxygen atoms in total. The van der Waals surface area contributed by atoms with Crippen molar-refractivity contribution in [3.8, 4) is 0 Å². The Kier molecular flexibility index (Phi) is 6.53. The smallest absolute Gasteiger partial charge is 0.245 e. The minimum atomic E-state index is -0.357. The molecule has 0 saturated carbocycles. The summed E-state index contributed by atoms with van der Waals surface area (Å²) < 4.78 is 0. The number of nitrogens with zero attached hydrogens (tertiary/aromatic N) is 2. The largest absolute Gasteiger partial charge is 0.341 e. The molecule has 0 N–H and O–H groups in total. The Morgan fingerprint density at radius 3 is 2.38 bits per heavy atom. The Hall–Kier alpha value is -2.17. The van der Waals surface area contributed by atoms with Crippen molar-refractivity contribution in [2.75, 3.05) is 19.6 Å². The molecule has 0 unspecified atom stereocenters. The first-order chi connectivity index (χ1) is 11.6. The van der Waals surface area contributed by atoms with E-state index < -0.39 is 0 Å². The van der Waals surface area contributed by atoms with Gasteiger partial charge >= 0.3 is 0 Å². The minimum Gasteiger partial charge on any atom is -0.341 e. The van der Waals surface area contributed by atoms with Crippen LogP contribution < -0.4 is 0 Å². The van der Waals surface area contributed by atoms with E-state index >= 15 is 0 Å². The van der Waals surface area contributed by atoms with E-state index in [1.165, 1.54) is 0 Å². The first kappa shape index (κ1) is 18.2. The van der Waals surface area contributed by atoms with E-state index in [9.17, 15) is 14.4 Å². The average Bonchev–Trinajstić information content (AvgIpc) is 3.11. The lowest BCUT2D eigenvalue weighted by molar-refractivity contribution is -0.143. The van der Waals surface area contributed by atoms with E-state index in [2.05, 4.69) is 0 Å². The molecule has 1 heterocycles. The molecule has 1 fully saturated rings. The molecule has 5 heteroatoms. The number of rotatable bonds is 7. The third kappa shape index (κ3) is 4.22. The highest BCUT2D eigenvalue weighted by Crippen LogP contribution is 2.21. The topological polar surface area (TPSA) is 57.7 Å². The van der Waals surface area contributed by atoms with Crippen molar-refractivity contribution in [3.05, 3.63) is 35.9 Å². The molecule has 2 rings (SSSR count). The van der Waals surface area contributed by atoms with Crippen LogP contribution in [0, 0.1) is 0 Å². The fraction of sp³-hybridized carbons (Fsp3) is 0.526. The van der Waals surface area contributed by atoms with Crippen LogP contribution in [0.25, 0.3) is 0 Å². The number of ketones is 1. The van der Waals surface area contributed by atoms with Crippen LogP contribution in [0.15, 0.2) is 30.3 Å². The van der Waals surface area contributed by atoms with E-state index in [1.54, 1.807) is 21.9 Å². The van der Waals surface area contributed by atoms with Gasteiger partial charge in [0.05, 0.1) is 0 Å². The summed E-state index contributed by atoms with van der Waals surface area (Å²) in [5.74, 6) is -0.0997. The van der Waals surface area contributed by atoms with E-state index in [0.29, 0.717) is 31.6 Å². The van der Waals surface area contributed by atoms with Crippen molar-refractivity contribution in [1.82, 2.24) is 9.80 Å². The molecule has 0 aromatic heterocycles. The van der Waals surface area contributed by atoms with Crippen molar-refractivity contribution >= 4 is 17.6 Å². The summed E-state index contributed by atoms with van der Waals surface area (Å²) >= 11 is 0. The number of likely N-dealkylation sites (N-methyl/N-ethyl adjacent to an activating group) is 1. The number of hydrogen-bond acceptors (Lipinski definition) is 3. The summed E-state index contributed by atoms with van der Waals surface area (Å²) in [5.41, 5.74) is 0.627. The van der Waals surface area contributed by atoms with Crippen LogP contribution >= 0.6 is 0 Å². The SMILES string of the molecule is CCN(CC)C(=O)[C@@H]1CCCN1C(=O)CCC(=O)c1ccccc1. The van der Waals surface area contributed by atoms with Gasteiger partial charge in [-0.2, -0.15) is 0 Å². The first-order valence-corrected chi connectivity index (χ1v) is 8.75. The molecule has 2 amide bonds. The van der Waals surface area contributed by atoms with Crippen LogP contribution in [-0.2, 0) is 9.59 Å². The minimum absolute atomic E-state index is 0.0280. The highest BCUT2D eigenvalue weighted by atomic mass is 16.2. The lowest BCUT2D eigenvalue weighted by Crippen LogP contribution is -2.47. The molecule has 130 valence electrons. The van der Waals surface area contributed by atoms with Crippen molar-refractivity contribution < 1.29 is 14.4 Å². The van der Waals surface area contributed by atoms with Gasteiger partial charge in [0.1, 0.15) is 6.04 Å². The quantitative estimate of drug-likeness (QED) is 0.722. The van der Waals surface area contributed by atoms with Gasteiger partial charge in [0.2, 0.25) is 11.8 Å². The summed E-state index contributed by atoms with van der Waals surface area (Å²) in [6.07, 6.45) is 1.91. The van der Waals surface area contributed by atoms with E-state index in [1.807, 2.05) is 32.0 Å². The summed E-state index contributed by atoms with van der Waals surface area (Å²) in [6.45, 7) is 5.80. The number of Topliss-reactive ketones (excluding diaryl/α,β-unsaturated/α-hetero) is 1. The van der Waals surface area contributed by atoms with Gasteiger partial charge in [-0.05, 0) is 26.7 Å². The van der Waals surface area contributed by atoms with Crippen LogP contribution in [0.5, 0.6) is 0 Å². The van der Waals surface area contributed by atoms with Gasteiger partial charge in [0, 0.05) is 38.0 Å². The second-order valence-corrected chi connectivity index (χ2v) is 6.04. The fourth-order valence-electron chi connectivity index (χ4n) is 3.20. The third-order valence-corrected chi connectivity index (χ3v) is 4.60. The molecule has 1 atom stereocenters. The summed E-state index contributed by atoms with van der Waals surface area (Å²) in [4.78, 5) is 40.6. The fourth-order valence-corrected chi connectivity index (χ4v) is 3.20. The van der Waals surface area contributed by atoms with Crippen molar-refractivity contribution in [1.29, 1.82) is 0 Å². The molecule has 24 heavy (non-hydrogen) atoms. The highest BCUT2D eigenvalue weighted by molar-refractivity contribution is 5.98. The van der Waals surface area contributed by atoms with Crippen LogP contribution in [0.4, 0.5) is 0 Å². The van der Waals surface area contributed by atoms with E-state index in [4.69, 9.17) is 0 Å². The number of benzene rings is 1. The van der Waals surface area contributed by atoms with Crippen molar-refractivity contribution in [2.24, 2.45) is 0 Å². The van der Waals surface area contributed by atoms with Gasteiger partial charge in [0.15, 0.2) is 5.78 Å². The van der Waals surface area contributed by atoms with E-state index in [0.717, 1.165) is 6.42 Å². The Balaban J connectivity index is 1.93. The molecular weight excluding hydrogens is 304 g/mol. The van der Waals surface area contributed by atoms with Gasteiger partial charge in [-0.1, -0.05) is 30.3 Å². The highest BCUT2D eigenvalue weighted by Gasteiger charge is 2.35. The van der Waals surface area contributed by atoms with Gasteiger partial charge in [-0.25, -0.2) is 0 Å². The molecule has 0 radical (unpaired) electrons. The maximum atomic E-state index is 12.5. The molecule has 1 aromatic carbocycles. The predicted octanol–water partition coefficient (Wildman–Crippen LogP) is 2.51. The second-order valence-electron chi connectivity index (χ2n) is 6.04. The lowest BCUT2D eigenvalue weighted by atomic mass is 10.1. The number of carbonyl (C=O) groups is 3. The Bertz CT molecular complexity index is 582. The van der Waals surface area contributed by atoms with Crippen LogP contribution in [0.3, 0.4) is 0 Å². The average molecular weight is 330 g/mol. The van der Waals surface area contributed by atoms with E-state index in [-0.39, 0.29) is 36.5 Å². The molecule has 1 saturated heterocycles. The van der Waals surface area contributed by atoms with Crippen molar-refractivity contribution in [3.63, 3.8) is 0 Å². The zero-order chi connectivity index (χ0) is 17.5. The predicted molar refractivity (Wildman–Crippen MR) is 92.7 cm³/mol. The number of likely N-dealkylation sites (tertiary alicyclic amines) is 1. The van der Waals surface area contributed by atoms with Gasteiger partial charge in [0.25, 0.3) is 0 Å². The number of carbonyl (C=O) groups excluding carboxylic acids is 3. The Labute approximate surface area is 143 Å². The summed E-state index contributed by atoms with van der Waals surface area (Å²) in [6, 6.07) is 8.65. The standard InChI is InChI=1S/C19H26N2O3/c1-3-20(4-2)19(24)16-11-8-14-21(16)18(23)13-12-17(22)15-9-6-5-7-10-15/h5-7,9-10,16H,3-4,8,11-14H2,1-2H3/t16-/m0/s1. The second kappa shape index (κ2) is 8.62. The third-order valence-electron chi connectivity index (χ3n) is 4.60. The Morgan fingerprint density at radius 2 is 1.75 bits per heavy atom. The number of hydrogen-bond donors (Lipinski definition) is 0. The lowest BCUT2D eigenvalue weighted by Gasteiger charge is -2.29. The zero-order valence-electron chi connectivity index (χ0n) is 14.5. The molecule has 1 aromatic rings. The monoisotopic (exact) mass is 330 g/mol. The van der Waals surface area contributed by atoms with Crippen LogP contribution in [-0.4, -0.2) is 53.1 Å². The number of amides is 2. The van der Waals surface area contributed by atoms with Crippen LogP contribution in [0.2, 0.25) is 0 Å². The molecular formula is C19H26N2O3. The molecule has 0 spiro atoms. The summed E-state index contributed by atoms with van der Waals surface area (Å²) in [7, 11) is 0. The van der Waals surface area contributed by atoms with Crippen LogP contribution in [0.1, 0.15) is 49.9 Å². The maximum Gasteiger partial charge on any atom is 0.245 e. The van der Waals surface area contributed by atoms with Gasteiger partial charge in [-0.3, -0.25) is 14.4 Å². The molecule has 1 aliphatic heterocycles. The zero-order valence-corrected chi connectivity index (χ0v) is 14.5. The molecule has 0 aliphatic carbocycles. The van der Waals surface area contributed by atoms with Gasteiger partial charge in [-0.15, -0.1) is 0 Å². The first-order valence-electron chi connectivity index (χ1n) is 8.75. The van der Waals surface area contributed by atoms with Crippen molar-refractivity contribution in [2.45, 2.75) is 45.6 Å².